The molecule has 4 nitrogen and oxygen atoms in total. The van der Waals surface area contributed by atoms with Gasteiger partial charge in [-0.2, -0.15) is 0 Å². The van der Waals surface area contributed by atoms with Crippen LogP contribution in [-0.2, 0) is 0 Å². The average molecular weight is 313 g/mol. The molecule has 0 spiro atoms. The van der Waals surface area contributed by atoms with E-state index in [-0.39, 0.29) is 11.7 Å². The van der Waals surface area contributed by atoms with Crippen LogP contribution in [0.3, 0.4) is 0 Å². The molecule has 2 fully saturated rings. The molecule has 1 aromatic carbocycles. The number of ether oxygens (including phenoxy) is 1. The summed E-state index contributed by atoms with van der Waals surface area (Å²) in [7, 11) is 0. The van der Waals surface area contributed by atoms with Gasteiger partial charge in [0, 0.05) is 35.6 Å². The first-order valence-electron chi connectivity index (χ1n) is 8.58. The summed E-state index contributed by atoms with van der Waals surface area (Å²) in [6, 6.07) is 10.9. The van der Waals surface area contributed by atoms with Crippen molar-refractivity contribution in [2.24, 2.45) is 0 Å². The Labute approximate surface area is 136 Å². The van der Waals surface area contributed by atoms with Crippen LogP contribution < -0.4 is 10.4 Å². The minimum atomic E-state index is -0.321. The van der Waals surface area contributed by atoms with Gasteiger partial charge >= 0.3 is 5.63 Å². The zero-order valence-electron chi connectivity index (χ0n) is 13.7. The van der Waals surface area contributed by atoms with Gasteiger partial charge in [0.05, 0.1) is 0 Å². The molecule has 4 heteroatoms. The SMILES string of the molecule is CC(C)N1C2CCC1CC(Oc1ccc3ccc(=O)oc3c1)C2. The maximum atomic E-state index is 11.4. The van der Waals surface area contributed by atoms with Gasteiger partial charge in [-0.1, -0.05) is 0 Å². The van der Waals surface area contributed by atoms with Crippen LogP contribution in [0, 0.1) is 0 Å². The number of rotatable bonds is 3. The van der Waals surface area contributed by atoms with E-state index in [1.165, 1.54) is 18.9 Å². The first-order chi connectivity index (χ1) is 11.1. The van der Waals surface area contributed by atoms with Crippen molar-refractivity contribution in [2.75, 3.05) is 0 Å². The van der Waals surface area contributed by atoms with Crippen molar-refractivity contribution >= 4 is 11.0 Å². The molecule has 0 N–H and O–H groups in total. The summed E-state index contributed by atoms with van der Waals surface area (Å²) in [6.45, 7) is 4.58. The number of fused-ring (bicyclic) bond motifs is 3. The second-order valence-electron chi connectivity index (χ2n) is 7.09. The van der Waals surface area contributed by atoms with E-state index in [2.05, 4.69) is 18.7 Å². The van der Waals surface area contributed by atoms with Gasteiger partial charge in [0.15, 0.2) is 0 Å². The monoisotopic (exact) mass is 313 g/mol. The van der Waals surface area contributed by atoms with Crippen molar-refractivity contribution in [2.45, 2.75) is 63.8 Å². The fraction of sp³-hybridized carbons (Fsp3) is 0.526. The standard InChI is InChI=1S/C19H23NO3/c1-12(2)20-14-5-6-15(20)10-17(9-14)22-16-7-3-13-4-8-19(21)23-18(13)11-16/h3-4,7-8,11-12,14-15,17H,5-6,9-10H2,1-2H3. The van der Waals surface area contributed by atoms with Crippen LogP contribution in [0.1, 0.15) is 39.5 Å². The van der Waals surface area contributed by atoms with Crippen LogP contribution >= 0.6 is 0 Å². The molecule has 4 rings (SSSR count). The molecule has 2 aromatic rings. The smallest absolute Gasteiger partial charge is 0.336 e. The number of piperidine rings is 1. The highest BCUT2D eigenvalue weighted by Crippen LogP contribution is 2.38. The summed E-state index contributed by atoms with van der Waals surface area (Å²) < 4.78 is 11.5. The van der Waals surface area contributed by atoms with E-state index < -0.39 is 0 Å². The Hall–Kier alpha value is -1.81. The minimum absolute atomic E-state index is 0.260. The average Bonchev–Trinajstić information content (AvgIpc) is 2.79. The van der Waals surface area contributed by atoms with Gasteiger partial charge in [-0.05, 0) is 57.7 Å². The highest BCUT2D eigenvalue weighted by Gasteiger charge is 2.42. The molecule has 2 bridgehead atoms. The fourth-order valence-electron chi connectivity index (χ4n) is 4.41. The molecule has 122 valence electrons. The van der Waals surface area contributed by atoms with Gasteiger partial charge in [-0.15, -0.1) is 0 Å². The molecule has 2 unspecified atom stereocenters. The normalized spacial score (nSPS) is 27.7. The Morgan fingerprint density at radius 2 is 1.83 bits per heavy atom. The molecular formula is C19H23NO3. The highest BCUT2D eigenvalue weighted by atomic mass is 16.5. The van der Waals surface area contributed by atoms with E-state index in [1.807, 2.05) is 18.2 Å². The van der Waals surface area contributed by atoms with Crippen LogP contribution in [0.5, 0.6) is 5.75 Å². The number of hydrogen-bond donors (Lipinski definition) is 0. The van der Waals surface area contributed by atoms with Gasteiger partial charge in [0.1, 0.15) is 17.4 Å². The van der Waals surface area contributed by atoms with Gasteiger partial charge in [-0.25, -0.2) is 4.79 Å². The lowest BCUT2D eigenvalue weighted by Crippen LogP contribution is -2.49. The summed E-state index contributed by atoms with van der Waals surface area (Å²) in [6.07, 6.45) is 5.01. The van der Waals surface area contributed by atoms with Crippen molar-refractivity contribution in [3.63, 3.8) is 0 Å². The molecule has 0 aliphatic carbocycles. The van der Waals surface area contributed by atoms with Crippen LogP contribution in [0.2, 0.25) is 0 Å². The number of nitrogens with zero attached hydrogens (tertiary/aromatic N) is 1. The second-order valence-corrected chi connectivity index (χ2v) is 7.09. The van der Waals surface area contributed by atoms with Crippen molar-refractivity contribution in [1.29, 1.82) is 0 Å². The van der Waals surface area contributed by atoms with Crippen molar-refractivity contribution in [3.8, 4) is 5.75 Å². The van der Waals surface area contributed by atoms with E-state index in [1.54, 1.807) is 6.07 Å². The zero-order valence-corrected chi connectivity index (χ0v) is 13.7. The third-order valence-corrected chi connectivity index (χ3v) is 5.24. The van der Waals surface area contributed by atoms with Crippen molar-refractivity contribution in [3.05, 3.63) is 40.8 Å². The van der Waals surface area contributed by atoms with Gasteiger partial charge in [0.2, 0.25) is 0 Å². The first-order valence-corrected chi connectivity index (χ1v) is 8.58. The van der Waals surface area contributed by atoms with Crippen molar-refractivity contribution < 1.29 is 9.15 Å². The van der Waals surface area contributed by atoms with E-state index in [4.69, 9.17) is 9.15 Å². The third kappa shape index (κ3) is 2.76. The van der Waals surface area contributed by atoms with E-state index in [9.17, 15) is 4.79 Å². The predicted molar refractivity (Wildman–Crippen MR) is 89.9 cm³/mol. The first kappa shape index (κ1) is 14.8. The molecule has 2 atom stereocenters. The maximum absolute atomic E-state index is 11.4. The lowest BCUT2D eigenvalue weighted by Gasteiger charge is -2.41. The molecule has 1 aromatic heterocycles. The topological polar surface area (TPSA) is 42.7 Å². The van der Waals surface area contributed by atoms with Crippen LogP contribution in [-0.4, -0.2) is 29.1 Å². The van der Waals surface area contributed by atoms with E-state index in [0.29, 0.717) is 23.7 Å². The molecule has 23 heavy (non-hydrogen) atoms. The van der Waals surface area contributed by atoms with Gasteiger partial charge in [-0.3, -0.25) is 4.90 Å². The maximum Gasteiger partial charge on any atom is 0.336 e. The van der Waals surface area contributed by atoms with E-state index in [0.717, 1.165) is 24.0 Å². The Morgan fingerprint density at radius 1 is 1.13 bits per heavy atom. The number of benzene rings is 1. The molecule has 0 radical (unpaired) electrons. The summed E-state index contributed by atoms with van der Waals surface area (Å²) in [5.41, 5.74) is 0.274. The van der Waals surface area contributed by atoms with Gasteiger partial charge < -0.3 is 9.15 Å². The predicted octanol–water partition coefficient (Wildman–Crippen LogP) is 3.58. The van der Waals surface area contributed by atoms with E-state index >= 15 is 0 Å². The van der Waals surface area contributed by atoms with Crippen LogP contribution in [0.25, 0.3) is 11.0 Å². The summed E-state index contributed by atoms with van der Waals surface area (Å²) in [4.78, 5) is 14.0. The zero-order chi connectivity index (χ0) is 16.0. The Morgan fingerprint density at radius 3 is 2.52 bits per heavy atom. The summed E-state index contributed by atoms with van der Waals surface area (Å²) in [5.74, 6) is 0.800. The highest BCUT2D eigenvalue weighted by molar-refractivity contribution is 5.77. The Bertz CT molecular complexity index is 753. The quantitative estimate of drug-likeness (QED) is 0.812. The van der Waals surface area contributed by atoms with Crippen molar-refractivity contribution in [1.82, 2.24) is 4.90 Å². The lowest BCUT2D eigenvalue weighted by atomic mass is 9.98. The van der Waals surface area contributed by atoms with Crippen LogP contribution in [0.15, 0.2) is 39.5 Å². The molecule has 2 saturated heterocycles. The third-order valence-electron chi connectivity index (χ3n) is 5.24. The molecule has 0 amide bonds. The lowest BCUT2D eigenvalue weighted by molar-refractivity contribution is 0.0307. The molecule has 3 heterocycles. The van der Waals surface area contributed by atoms with Crippen LogP contribution in [0.4, 0.5) is 0 Å². The molecule has 2 aliphatic rings. The second kappa shape index (κ2) is 5.68. The van der Waals surface area contributed by atoms with Gasteiger partial charge in [0.25, 0.3) is 0 Å². The molecule has 2 aliphatic heterocycles. The largest absolute Gasteiger partial charge is 0.490 e. The summed E-state index contributed by atoms with van der Waals surface area (Å²) in [5, 5.41) is 0.923. The molecular weight excluding hydrogens is 290 g/mol. The fourth-order valence-corrected chi connectivity index (χ4v) is 4.41. The number of hydrogen-bond acceptors (Lipinski definition) is 4. The summed E-state index contributed by atoms with van der Waals surface area (Å²) >= 11 is 0. The molecule has 0 saturated carbocycles. The minimum Gasteiger partial charge on any atom is -0.490 e. The Balaban J connectivity index is 1.52. The Kier molecular flexibility index (Phi) is 3.64.